The van der Waals surface area contributed by atoms with Crippen molar-refractivity contribution < 1.29 is 9.53 Å². The first-order valence-electron chi connectivity index (χ1n) is 7.67. The van der Waals surface area contributed by atoms with Gasteiger partial charge in [0.25, 0.3) is 5.91 Å². The second-order valence-corrected chi connectivity index (χ2v) is 5.98. The Bertz CT molecular complexity index is 696. The quantitative estimate of drug-likeness (QED) is 0.858. The van der Waals surface area contributed by atoms with Crippen molar-refractivity contribution in [3.63, 3.8) is 0 Å². The number of H-pyrrole nitrogens is 1. The van der Waals surface area contributed by atoms with Gasteiger partial charge in [-0.2, -0.15) is 4.98 Å². The van der Waals surface area contributed by atoms with Crippen molar-refractivity contribution in [2.24, 2.45) is 0 Å². The molecular formula is C15H19ClN6O2. The summed E-state index contributed by atoms with van der Waals surface area (Å²) >= 11 is 5.84. The second kappa shape index (κ2) is 6.96. The number of benzene rings is 1. The van der Waals surface area contributed by atoms with E-state index in [1.165, 1.54) is 0 Å². The molecule has 1 fully saturated rings. The Morgan fingerprint density at radius 3 is 2.54 bits per heavy atom. The fourth-order valence-electron chi connectivity index (χ4n) is 2.56. The van der Waals surface area contributed by atoms with Crippen molar-refractivity contribution in [2.45, 2.75) is 13.0 Å². The fourth-order valence-corrected chi connectivity index (χ4v) is 2.68. The summed E-state index contributed by atoms with van der Waals surface area (Å²) in [4.78, 5) is 20.4. The van der Waals surface area contributed by atoms with Crippen LogP contribution in [-0.4, -0.2) is 58.3 Å². The van der Waals surface area contributed by atoms with Crippen molar-refractivity contribution in [1.29, 1.82) is 0 Å². The maximum Gasteiger partial charge on any atom is 0.263 e. The number of halogens is 1. The molecule has 2 heterocycles. The van der Waals surface area contributed by atoms with Crippen LogP contribution in [0.25, 0.3) is 0 Å². The number of nitrogen functional groups attached to an aromatic ring is 1. The third-order valence-corrected chi connectivity index (χ3v) is 4.09. The van der Waals surface area contributed by atoms with Gasteiger partial charge in [0.1, 0.15) is 5.75 Å². The molecule has 1 aliphatic heterocycles. The number of rotatable bonds is 4. The number of nitrogens with two attached hydrogens (primary N) is 1. The Morgan fingerprint density at radius 2 is 1.96 bits per heavy atom. The Balaban J connectivity index is 1.53. The summed E-state index contributed by atoms with van der Waals surface area (Å²) in [5.74, 6) is 1.42. The zero-order valence-corrected chi connectivity index (χ0v) is 14.0. The van der Waals surface area contributed by atoms with Crippen LogP contribution in [-0.2, 0) is 4.79 Å². The van der Waals surface area contributed by atoms with Gasteiger partial charge in [0.2, 0.25) is 11.9 Å². The van der Waals surface area contributed by atoms with Crippen molar-refractivity contribution in [3.8, 4) is 5.75 Å². The van der Waals surface area contributed by atoms with Crippen LogP contribution in [0.15, 0.2) is 24.3 Å². The maximum absolute atomic E-state index is 12.5. The minimum Gasteiger partial charge on any atom is -0.481 e. The predicted octanol–water partition coefficient (Wildman–Crippen LogP) is 1.16. The number of amides is 1. The molecule has 1 aliphatic rings. The van der Waals surface area contributed by atoms with Gasteiger partial charge >= 0.3 is 0 Å². The van der Waals surface area contributed by atoms with Gasteiger partial charge in [-0.25, -0.2) is 5.10 Å². The molecule has 8 nitrogen and oxygen atoms in total. The summed E-state index contributed by atoms with van der Waals surface area (Å²) in [6.07, 6.45) is -0.558. The molecule has 1 aromatic carbocycles. The number of aromatic nitrogens is 3. The molecule has 3 rings (SSSR count). The molecule has 9 heteroatoms. The number of carbonyl (C=O) groups is 1. The van der Waals surface area contributed by atoms with Crippen molar-refractivity contribution in [1.82, 2.24) is 20.1 Å². The van der Waals surface area contributed by atoms with E-state index in [-0.39, 0.29) is 11.9 Å². The average Bonchev–Trinajstić information content (AvgIpc) is 3.03. The number of nitrogens with zero attached hydrogens (tertiary/aromatic N) is 4. The summed E-state index contributed by atoms with van der Waals surface area (Å²) in [7, 11) is 0. The average molecular weight is 351 g/mol. The van der Waals surface area contributed by atoms with Gasteiger partial charge in [0.05, 0.1) is 0 Å². The van der Waals surface area contributed by atoms with E-state index in [4.69, 9.17) is 22.1 Å². The second-order valence-electron chi connectivity index (χ2n) is 5.55. The van der Waals surface area contributed by atoms with E-state index in [1.54, 1.807) is 36.1 Å². The van der Waals surface area contributed by atoms with Crippen molar-refractivity contribution in [3.05, 3.63) is 29.3 Å². The van der Waals surface area contributed by atoms with Crippen LogP contribution < -0.4 is 15.4 Å². The number of carbonyl (C=O) groups excluding carboxylic acids is 1. The van der Waals surface area contributed by atoms with Gasteiger partial charge in [-0.1, -0.05) is 11.6 Å². The number of aromatic amines is 1. The van der Waals surface area contributed by atoms with Gasteiger partial charge < -0.3 is 20.3 Å². The lowest BCUT2D eigenvalue weighted by atomic mass is 10.2. The van der Waals surface area contributed by atoms with Crippen LogP contribution >= 0.6 is 11.6 Å². The van der Waals surface area contributed by atoms with Crippen LogP contribution in [0.2, 0.25) is 5.02 Å². The molecule has 0 saturated carbocycles. The minimum atomic E-state index is -0.558. The number of hydrogen-bond acceptors (Lipinski definition) is 6. The number of nitrogens with one attached hydrogen (secondary N) is 1. The maximum atomic E-state index is 12.5. The normalized spacial score (nSPS) is 16.1. The molecule has 1 amide bonds. The van der Waals surface area contributed by atoms with Gasteiger partial charge in [-0.3, -0.25) is 4.79 Å². The van der Waals surface area contributed by atoms with E-state index in [1.807, 2.05) is 4.90 Å². The highest BCUT2D eigenvalue weighted by Gasteiger charge is 2.27. The standard InChI is InChI=1S/C15H19ClN6O2/c1-10(24-12-4-2-11(16)3-5-12)13(23)21-6-8-22(9-7-21)15-18-14(17)19-20-15/h2-5,10H,6-9H2,1H3,(H3,17,18,19,20). The lowest BCUT2D eigenvalue weighted by Gasteiger charge is -2.35. The van der Waals surface area contributed by atoms with Gasteiger partial charge in [-0.15, -0.1) is 5.10 Å². The smallest absolute Gasteiger partial charge is 0.263 e. The number of piperazine rings is 1. The van der Waals surface area contributed by atoms with Gasteiger partial charge in [0.15, 0.2) is 6.10 Å². The number of anilines is 2. The molecule has 2 aromatic rings. The van der Waals surface area contributed by atoms with Crippen LogP contribution in [0.4, 0.5) is 11.9 Å². The molecule has 24 heavy (non-hydrogen) atoms. The SMILES string of the molecule is CC(Oc1ccc(Cl)cc1)C(=O)N1CCN(c2n[nH]c(N)n2)CC1. The molecule has 0 spiro atoms. The van der Waals surface area contributed by atoms with Crippen LogP contribution in [0.3, 0.4) is 0 Å². The van der Waals surface area contributed by atoms with Crippen LogP contribution in [0, 0.1) is 0 Å². The molecule has 0 bridgehead atoms. The third kappa shape index (κ3) is 3.70. The first-order valence-corrected chi connectivity index (χ1v) is 8.04. The molecule has 1 unspecified atom stereocenters. The zero-order valence-electron chi connectivity index (χ0n) is 13.3. The largest absolute Gasteiger partial charge is 0.481 e. The molecule has 1 aromatic heterocycles. The highest BCUT2D eigenvalue weighted by Crippen LogP contribution is 2.18. The van der Waals surface area contributed by atoms with E-state index < -0.39 is 6.10 Å². The summed E-state index contributed by atoms with van der Waals surface area (Å²) in [6, 6.07) is 6.96. The van der Waals surface area contributed by atoms with Gasteiger partial charge in [-0.05, 0) is 31.2 Å². The summed E-state index contributed by atoms with van der Waals surface area (Å²) in [5, 5.41) is 7.28. The van der Waals surface area contributed by atoms with E-state index in [0.717, 1.165) is 0 Å². The summed E-state index contributed by atoms with van der Waals surface area (Å²) < 4.78 is 5.69. The topological polar surface area (TPSA) is 100 Å². The van der Waals surface area contributed by atoms with Crippen LogP contribution in [0.5, 0.6) is 5.75 Å². The van der Waals surface area contributed by atoms with E-state index >= 15 is 0 Å². The number of ether oxygens (including phenoxy) is 1. The Morgan fingerprint density at radius 1 is 1.29 bits per heavy atom. The first kappa shape index (κ1) is 16.4. The van der Waals surface area contributed by atoms with Gasteiger partial charge in [0, 0.05) is 31.2 Å². The summed E-state index contributed by atoms with van der Waals surface area (Å²) in [5.41, 5.74) is 5.54. The lowest BCUT2D eigenvalue weighted by molar-refractivity contribution is -0.138. The lowest BCUT2D eigenvalue weighted by Crippen LogP contribution is -2.52. The zero-order chi connectivity index (χ0) is 17.1. The highest BCUT2D eigenvalue weighted by atomic mass is 35.5. The summed E-state index contributed by atoms with van der Waals surface area (Å²) in [6.45, 7) is 4.22. The van der Waals surface area contributed by atoms with Crippen molar-refractivity contribution >= 4 is 29.4 Å². The predicted molar refractivity (Wildman–Crippen MR) is 91.1 cm³/mol. The van der Waals surface area contributed by atoms with E-state index in [2.05, 4.69) is 15.2 Å². The molecule has 0 aliphatic carbocycles. The first-order chi connectivity index (χ1) is 11.5. The molecule has 0 radical (unpaired) electrons. The highest BCUT2D eigenvalue weighted by molar-refractivity contribution is 6.30. The Kier molecular flexibility index (Phi) is 4.75. The van der Waals surface area contributed by atoms with E-state index in [0.29, 0.717) is 42.9 Å². The third-order valence-electron chi connectivity index (χ3n) is 3.84. The molecule has 1 saturated heterocycles. The Hall–Kier alpha value is -2.48. The Labute approximate surface area is 144 Å². The van der Waals surface area contributed by atoms with Crippen molar-refractivity contribution in [2.75, 3.05) is 36.8 Å². The van der Waals surface area contributed by atoms with E-state index in [9.17, 15) is 4.79 Å². The molecule has 3 N–H and O–H groups in total. The molecule has 1 atom stereocenters. The minimum absolute atomic E-state index is 0.0425. The van der Waals surface area contributed by atoms with Crippen LogP contribution in [0.1, 0.15) is 6.92 Å². The molecule has 128 valence electrons. The monoisotopic (exact) mass is 350 g/mol. The molecular weight excluding hydrogens is 332 g/mol. The number of hydrogen-bond donors (Lipinski definition) is 2. The fraction of sp³-hybridized carbons (Fsp3) is 0.400.